The molecule has 108 valence electrons. The molecule has 6 nitrogen and oxygen atoms in total. The number of anilines is 1. The summed E-state index contributed by atoms with van der Waals surface area (Å²) in [6, 6.07) is 5.54. The SMILES string of the molecule is CCOC(=O)c1coc(Sc2nc3ccc(N)cc3s2)n1. The van der Waals surface area contributed by atoms with Crippen molar-refractivity contribution in [2.45, 2.75) is 16.5 Å². The number of carbonyl (C=O) groups is 1. The van der Waals surface area contributed by atoms with Crippen LogP contribution in [-0.2, 0) is 4.74 Å². The zero-order valence-electron chi connectivity index (χ0n) is 11.0. The maximum Gasteiger partial charge on any atom is 0.360 e. The number of fused-ring (bicyclic) bond motifs is 1. The van der Waals surface area contributed by atoms with Gasteiger partial charge < -0.3 is 14.9 Å². The fourth-order valence-corrected chi connectivity index (χ4v) is 3.57. The number of hydrogen-bond acceptors (Lipinski definition) is 8. The smallest absolute Gasteiger partial charge is 0.360 e. The number of hydrogen-bond donors (Lipinski definition) is 1. The van der Waals surface area contributed by atoms with Crippen LogP contribution in [-0.4, -0.2) is 22.5 Å². The molecular formula is C13H11N3O3S2. The van der Waals surface area contributed by atoms with Gasteiger partial charge in [0.05, 0.1) is 16.8 Å². The number of benzene rings is 1. The molecule has 3 rings (SSSR count). The molecule has 0 saturated heterocycles. The van der Waals surface area contributed by atoms with Crippen molar-refractivity contribution in [2.24, 2.45) is 0 Å². The lowest BCUT2D eigenvalue weighted by Gasteiger charge is -1.94. The van der Waals surface area contributed by atoms with Crippen LogP contribution in [0, 0.1) is 0 Å². The summed E-state index contributed by atoms with van der Waals surface area (Å²) < 4.78 is 11.9. The first-order chi connectivity index (χ1) is 10.2. The van der Waals surface area contributed by atoms with E-state index in [1.54, 1.807) is 13.0 Å². The van der Waals surface area contributed by atoms with Gasteiger partial charge in [-0.05, 0) is 25.1 Å². The quantitative estimate of drug-likeness (QED) is 0.582. The number of thiazole rings is 1. The van der Waals surface area contributed by atoms with Crippen LogP contribution in [0.2, 0.25) is 0 Å². The predicted octanol–water partition coefficient (Wildman–Crippen LogP) is 3.19. The van der Waals surface area contributed by atoms with Gasteiger partial charge in [0, 0.05) is 17.4 Å². The molecule has 0 amide bonds. The summed E-state index contributed by atoms with van der Waals surface area (Å²) in [5.41, 5.74) is 7.46. The van der Waals surface area contributed by atoms with Gasteiger partial charge in [-0.25, -0.2) is 9.78 Å². The molecule has 0 aliphatic heterocycles. The molecule has 0 saturated carbocycles. The van der Waals surface area contributed by atoms with Crippen LogP contribution in [0.3, 0.4) is 0 Å². The maximum atomic E-state index is 11.5. The van der Waals surface area contributed by atoms with Gasteiger partial charge in [-0.15, -0.1) is 11.3 Å². The lowest BCUT2D eigenvalue weighted by molar-refractivity contribution is 0.0519. The van der Waals surface area contributed by atoms with Gasteiger partial charge in [0.25, 0.3) is 5.22 Å². The molecule has 1 aromatic carbocycles. The first-order valence-corrected chi connectivity index (χ1v) is 7.75. The summed E-state index contributed by atoms with van der Waals surface area (Å²) in [7, 11) is 0. The van der Waals surface area contributed by atoms with Crippen LogP contribution in [0.4, 0.5) is 5.69 Å². The number of nitrogens with two attached hydrogens (primary N) is 1. The third-order valence-corrected chi connectivity index (χ3v) is 4.48. The molecule has 0 aliphatic rings. The maximum absolute atomic E-state index is 11.5. The molecule has 0 fully saturated rings. The number of ether oxygens (including phenoxy) is 1. The molecule has 0 aliphatic carbocycles. The Hall–Kier alpha value is -2.06. The fourth-order valence-electron chi connectivity index (χ4n) is 1.64. The van der Waals surface area contributed by atoms with E-state index in [2.05, 4.69) is 9.97 Å². The number of aromatic nitrogens is 2. The minimum atomic E-state index is -0.495. The third-order valence-electron chi connectivity index (χ3n) is 2.54. The predicted molar refractivity (Wildman–Crippen MR) is 80.6 cm³/mol. The summed E-state index contributed by atoms with van der Waals surface area (Å²) in [4.78, 5) is 20.0. The van der Waals surface area contributed by atoms with E-state index in [1.165, 1.54) is 29.4 Å². The zero-order valence-corrected chi connectivity index (χ0v) is 12.7. The normalized spacial score (nSPS) is 10.9. The van der Waals surface area contributed by atoms with Crippen molar-refractivity contribution in [1.29, 1.82) is 0 Å². The number of esters is 1. The highest BCUT2D eigenvalue weighted by Gasteiger charge is 2.15. The second kappa shape index (κ2) is 5.74. The second-order valence-electron chi connectivity index (χ2n) is 4.03. The molecule has 0 bridgehead atoms. The van der Waals surface area contributed by atoms with Crippen LogP contribution in [0.1, 0.15) is 17.4 Å². The molecule has 3 aromatic rings. The molecular weight excluding hydrogens is 310 g/mol. The van der Waals surface area contributed by atoms with Crippen LogP contribution >= 0.6 is 23.1 Å². The molecule has 0 atom stereocenters. The van der Waals surface area contributed by atoms with Crippen LogP contribution in [0.15, 0.2) is 38.4 Å². The lowest BCUT2D eigenvalue weighted by atomic mass is 10.3. The first kappa shape index (κ1) is 13.9. The second-order valence-corrected chi connectivity index (χ2v) is 6.26. The largest absolute Gasteiger partial charge is 0.461 e. The van der Waals surface area contributed by atoms with E-state index in [1.807, 2.05) is 12.1 Å². The van der Waals surface area contributed by atoms with E-state index in [0.29, 0.717) is 17.5 Å². The van der Waals surface area contributed by atoms with Crippen molar-refractivity contribution in [3.05, 3.63) is 30.2 Å². The Morgan fingerprint density at radius 1 is 1.48 bits per heavy atom. The Bertz CT molecular complexity index is 797. The van der Waals surface area contributed by atoms with E-state index in [4.69, 9.17) is 14.9 Å². The van der Waals surface area contributed by atoms with Crippen LogP contribution in [0.25, 0.3) is 10.2 Å². The average molecular weight is 321 g/mol. The summed E-state index contributed by atoms with van der Waals surface area (Å²) in [6.07, 6.45) is 1.28. The molecule has 0 unspecified atom stereocenters. The summed E-state index contributed by atoms with van der Waals surface area (Å²) >= 11 is 2.75. The Morgan fingerprint density at radius 3 is 3.14 bits per heavy atom. The molecule has 2 aromatic heterocycles. The lowest BCUT2D eigenvalue weighted by Crippen LogP contribution is -2.04. The molecule has 2 heterocycles. The van der Waals surface area contributed by atoms with Gasteiger partial charge in [0.2, 0.25) is 0 Å². The van der Waals surface area contributed by atoms with E-state index >= 15 is 0 Å². The van der Waals surface area contributed by atoms with Crippen molar-refractivity contribution >= 4 is 45.0 Å². The monoisotopic (exact) mass is 321 g/mol. The molecule has 21 heavy (non-hydrogen) atoms. The standard InChI is InChI=1S/C13H11N3O3S2/c1-2-18-11(17)9-6-19-12(15-9)21-13-16-8-4-3-7(14)5-10(8)20-13/h3-6H,2,14H2,1H3. The first-order valence-electron chi connectivity index (χ1n) is 6.12. The zero-order chi connectivity index (χ0) is 14.8. The Labute approximate surface area is 128 Å². The molecule has 0 radical (unpaired) electrons. The van der Waals surface area contributed by atoms with E-state index in [0.717, 1.165) is 14.6 Å². The Balaban J connectivity index is 1.80. The van der Waals surface area contributed by atoms with Crippen LogP contribution < -0.4 is 5.73 Å². The summed E-state index contributed by atoms with van der Waals surface area (Å²) in [5.74, 6) is -0.495. The van der Waals surface area contributed by atoms with Gasteiger partial charge >= 0.3 is 5.97 Å². The van der Waals surface area contributed by atoms with Crippen molar-refractivity contribution in [2.75, 3.05) is 12.3 Å². The van der Waals surface area contributed by atoms with E-state index in [9.17, 15) is 4.79 Å². The minimum absolute atomic E-state index is 0.157. The van der Waals surface area contributed by atoms with Gasteiger partial charge in [-0.2, -0.15) is 4.98 Å². The van der Waals surface area contributed by atoms with Gasteiger partial charge in [-0.1, -0.05) is 0 Å². The van der Waals surface area contributed by atoms with E-state index in [-0.39, 0.29) is 5.69 Å². The van der Waals surface area contributed by atoms with Crippen molar-refractivity contribution in [3.8, 4) is 0 Å². The summed E-state index contributed by atoms with van der Waals surface area (Å²) in [5, 5.41) is 0.352. The number of oxazole rings is 1. The number of nitrogen functional groups attached to an aromatic ring is 1. The minimum Gasteiger partial charge on any atom is -0.461 e. The van der Waals surface area contributed by atoms with Gasteiger partial charge in [0.1, 0.15) is 6.26 Å². The highest BCUT2D eigenvalue weighted by molar-refractivity contribution is 8.00. The van der Waals surface area contributed by atoms with Gasteiger partial charge in [-0.3, -0.25) is 0 Å². The van der Waals surface area contributed by atoms with Gasteiger partial charge in [0.15, 0.2) is 10.0 Å². The molecule has 0 spiro atoms. The molecule has 8 heteroatoms. The summed E-state index contributed by atoms with van der Waals surface area (Å²) in [6.45, 7) is 2.04. The topological polar surface area (TPSA) is 91.2 Å². The Kier molecular flexibility index (Phi) is 3.80. The number of nitrogens with zero attached hydrogens (tertiary/aromatic N) is 2. The highest BCUT2D eigenvalue weighted by atomic mass is 32.2. The van der Waals surface area contributed by atoms with Crippen LogP contribution in [0.5, 0.6) is 0 Å². The molecule has 2 N–H and O–H groups in total. The average Bonchev–Trinajstić information content (AvgIpc) is 3.05. The Morgan fingerprint density at radius 2 is 2.33 bits per heavy atom. The van der Waals surface area contributed by atoms with E-state index < -0.39 is 5.97 Å². The van der Waals surface area contributed by atoms with Crippen molar-refractivity contribution in [3.63, 3.8) is 0 Å². The highest BCUT2D eigenvalue weighted by Crippen LogP contribution is 2.34. The number of rotatable bonds is 4. The fraction of sp³-hybridized carbons (Fsp3) is 0.154. The van der Waals surface area contributed by atoms with Crippen molar-refractivity contribution < 1.29 is 13.9 Å². The van der Waals surface area contributed by atoms with Crippen molar-refractivity contribution in [1.82, 2.24) is 9.97 Å². The number of carbonyl (C=O) groups excluding carboxylic acids is 1. The third kappa shape index (κ3) is 3.01.